The minimum Gasteiger partial charge on any atom is -0.477 e. The quantitative estimate of drug-likeness (QED) is 0.671. The van der Waals surface area contributed by atoms with E-state index in [0.29, 0.717) is 5.88 Å². The van der Waals surface area contributed by atoms with Gasteiger partial charge in [0.15, 0.2) is 0 Å². The molecule has 3 heteroatoms. The molecule has 0 saturated heterocycles. The molecule has 1 rings (SSSR count). The van der Waals surface area contributed by atoms with Crippen molar-refractivity contribution in [2.24, 2.45) is 0 Å². The zero-order valence-electron chi connectivity index (χ0n) is 8.66. The van der Waals surface area contributed by atoms with Crippen molar-refractivity contribution < 1.29 is 4.74 Å². The van der Waals surface area contributed by atoms with E-state index in [0.717, 1.165) is 19.4 Å². The van der Waals surface area contributed by atoms with Crippen molar-refractivity contribution in [2.45, 2.75) is 33.6 Å². The van der Waals surface area contributed by atoms with Gasteiger partial charge in [-0.25, -0.2) is 4.98 Å². The number of unbranched alkanes of at least 4 members (excludes halogenated alkanes) is 1. The van der Waals surface area contributed by atoms with Gasteiger partial charge < -0.3 is 4.74 Å². The number of hydrogen-bond acceptors (Lipinski definition) is 3. The first-order chi connectivity index (χ1) is 6.43. The predicted molar refractivity (Wildman–Crippen MR) is 53.8 cm³/mol. The van der Waals surface area contributed by atoms with E-state index in [1.165, 1.54) is 0 Å². The van der Waals surface area contributed by atoms with Crippen LogP contribution in [0.5, 0.6) is 5.88 Å². The number of aromatic nitrogens is 2. The fraction of sp³-hybridized carbons (Fsp3) is 0.600. The number of rotatable bonds is 4. The second kappa shape index (κ2) is 8.97. The van der Waals surface area contributed by atoms with Crippen molar-refractivity contribution in [2.75, 3.05) is 6.61 Å². The summed E-state index contributed by atoms with van der Waals surface area (Å²) >= 11 is 0. The Labute approximate surface area is 80.2 Å². The third-order valence-electron chi connectivity index (χ3n) is 1.29. The highest BCUT2D eigenvalue weighted by molar-refractivity contribution is 5.00. The second-order valence-electron chi connectivity index (χ2n) is 2.25. The van der Waals surface area contributed by atoms with Crippen molar-refractivity contribution in [1.29, 1.82) is 0 Å². The standard InChI is InChI=1S/C8H12N2O.C2H6/c1-2-3-6-11-8-7-9-4-5-10-8;1-2/h4-5,7H,2-3,6H2,1H3;1-2H3. The maximum atomic E-state index is 5.27. The number of hydrogen-bond donors (Lipinski definition) is 0. The molecular weight excluding hydrogens is 164 g/mol. The highest BCUT2D eigenvalue weighted by atomic mass is 16.5. The van der Waals surface area contributed by atoms with E-state index in [9.17, 15) is 0 Å². The minimum atomic E-state index is 0.612. The molecule has 0 unspecified atom stereocenters. The first-order valence-corrected chi connectivity index (χ1v) is 4.82. The maximum absolute atomic E-state index is 5.27. The lowest BCUT2D eigenvalue weighted by molar-refractivity contribution is 0.296. The van der Waals surface area contributed by atoms with Crippen LogP contribution in [0.3, 0.4) is 0 Å². The SMILES string of the molecule is CC.CCCCOc1cnccn1. The molecule has 0 aliphatic carbocycles. The Morgan fingerprint density at radius 1 is 1.31 bits per heavy atom. The molecule has 0 saturated carbocycles. The number of ether oxygens (including phenoxy) is 1. The monoisotopic (exact) mass is 182 g/mol. The van der Waals surface area contributed by atoms with Gasteiger partial charge in [-0.2, -0.15) is 0 Å². The molecule has 1 aromatic heterocycles. The predicted octanol–water partition coefficient (Wildman–Crippen LogP) is 2.68. The Morgan fingerprint density at radius 2 is 2.08 bits per heavy atom. The molecule has 0 fully saturated rings. The molecule has 0 bridgehead atoms. The molecule has 74 valence electrons. The third kappa shape index (κ3) is 6.08. The van der Waals surface area contributed by atoms with Crippen molar-refractivity contribution in [1.82, 2.24) is 9.97 Å². The zero-order valence-corrected chi connectivity index (χ0v) is 8.66. The van der Waals surface area contributed by atoms with Gasteiger partial charge in [0.1, 0.15) is 0 Å². The first kappa shape index (κ1) is 11.9. The van der Waals surface area contributed by atoms with Crippen LogP contribution in [0.25, 0.3) is 0 Å². The van der Waals surface area contributed by atoms with Crippen LogP contribution in [-0.2, 0) is 0 Å². The van der Waals surface area contributed by atoms with E-state index >= 15 is 0 Å². The van der Waals surface area contributed by atoms with E-state index in [4.69, 9.17) is 4.74 Å². The van der Waals surface area contributed by atoms with Crippen molar-refractivity contribution in [3.8, 4) is 5.88 Å². The number of nitrogens with zero attached hydrogens (tertiary/aromatic N) is 2. The van der Waals surface area contributed by atoms with Gasteiger partial charge >= 0.3 is 0 Å². The lowest BCUT2D eigenvalue weighted by atomic mass is 10.4. The van der Waals surface area contributed by atoms with Gasteiger partial charge in [0.05, 0.1) is 12.8 Å². The van der Waals surface area contributed by atoms with E-state index in [1.54, 1.807) is 18.6 Å². The summed E-state index contributed by atoms with van der Waals surface area (Å²) < 4.78 is 5.27. The average Bonchev–Trinajstić information content (AvgIpc) is 2.23. The van der Waals surface area contributed by atoms with Gasteiger partial charge in [-0.3, -0.25) is 4.98 Å². The molecule has 0 N–H and O–H groups in total. The van der Waals surface area contributed by atoms with Crippen LogP contribution in [0, 0.1) is 0 Å². The second-order valence-corrected chi connectivity index (χ2v) is 2.25. The zero-order chi connectivity index (χ0) is 9.94. The van der Waals surface area contributed by atoms with Crippen molar-refractivity contribution in [3.63, 3.8) is 0 Å². The van der Waals surface area contributed by atoms with Gasteiger partial charge in [0.2, 0.25) is 5.88 Å². The smallest absolute Gasteiger partial charge is 0.232 e. The summed E-state index contributed by atoms with van der Waals surface area (Å²) in [7, 11) is 0. The summed E-state index contributed by atoms with van der Waals surface area (Å²) in [6.07, 6.45) is 7.08. The molecule has 1 aromatic rings. The van der Waals surface area contributed by atoms with Crippen LogP contribution in [0.15, 0.2) is 18.6 Å². The minimum absolute atomic E-state index is 0.612. The highest BCUT2D eigenvalue weighted by Gasteiger charge is 1.90. The molecule has 0 radical (unpaired) electrons. The Bertz CT molecular complexity index is 189. The topological polar surface area (TPSA) is 35.0 Å². The van der Waals surface area contributed by atoms with Crippen LogP contribution in [0.1, 0.15) is 33.6 Å². The lowest BCUT2D eigenvalue weighted by Crippen LogP contribution is -1.98. The summed E-state index contributed by atoms with van der Waals surface area (Å²) in [5.74, 6) is 0.612. The molecule has 0 atom stereocenters. The van der Waals surface area contributed by atoms with E-state index in [1.807, 2.05) is 13.8 Å². The summed E-state index contributed by atoms with van der Waals surface area (Å²) in [5.41, 5.74) is 0. The van der Waals surface area contributed by atoms with Gasteiger partial charge in [0, 0.05) is 12.4 Å². The fourth-order valence-corrected chi connectivity index (χ4v) is 0.681. The molecule has 3 nitrogen and oxygen atoms in total. The van der Waals surface area contributed by atoms with Crippen LogP contribution in [0.2, 0.25) is 0 Å². The summed E-state index contributed by atoms with van der Waals surface area (Å²) in [5, 5.41) is 0. The van der Waals surface area contributed by atoms with Gasteiger partial charge in [-0.1, -0.05) is 27.2 Å². The fourth-order valence-electron chi connectivity index (χ4n) is 0.681. The molecule has 0 spiro atoms. The Balaban J connectivity index is 0.000000671. The van der Waals surface area contributed by atoms with Crippen LogP contribution < -0.4 is 4.74 Å². The molecule has 1 heterocycles. The van der Waals surface area contributed by atoms with Gasteiger partial charge in [0.25, 0.3) is 0 Å². The van der Waals surface area contributed by atoms with Gasteiger partial charge in [-0.05, 0) is 6.42 Å². The third-order valence-corrected chi connectivity index (χ3v) is 1.29. The average molecular weight is 182 g/mol. The van der Waals surface area contributed by atoms with Crippen molar-refractivity contribution in [3.05, 3.63) is 18.6 Å². The largest absolute Gasteiger partial charge is 0.477 e. The van der Waals surface area contributed by atoms with Crippen LogP contribution in [0.4, 0.5) is 0 Å². The Morgan fingerprint density at radius 3 is 2.62 bits per heavy atom. The normalized spacial score (nSPS) is 8.54. The lowest BCUT2D eigenvalue weighted by Gasteiger charge is -2.01. The summed E-state index contributed by atoms with van der Waals surface area (Å²) in [4.78, 5) is 7.84. The van der Waals surface area contributed by atoms with Crippen LogP contribution in [-0.4, -0.2) is 16.6 Å². The first-order valence-electron chi connectivity index (χ1n) is 4.82. The molecule has 0 aliphatic rings. The summed E-state index contributed by atoms with van der Waals surface area (Å²) in [6, 6.07) is 0. The van der Waals surface area contributed by atoms with E-state index in [2.05, 4.69) is 16.9 Å². The highest BCUT2D eigenvalue weighted by Crippen LogP contribution is 2.01. The van der Waals surface area contributed by atoms with Crippen LogP contribution >= 0.6 is 0 Å². The molecule has 0 aliphatic heterocycles. The van der Waals surface area contributed by atoms with E-state index < -0.39 is 0 Å². The van der Waals surface area contributed by atoms with Gasteiger partial charge in [-0.15, -0.1) is 0 Å². The molecule has 0 aromatic carbocycles. The molecule has 13 heavy (non-hydrogen) atoms. The molecular formula is C10H18N2O. The molecule has 0 amide bonds. The van der Waals surface area contributed by atoms with E-state index in [-0.39, 0.29) is 0 Å². The Kier molecular flexibility index (Phi) is 8.20. The van der Waals surface area contributed by atoms with Crippen molar-refractivity contribution >= 4 is 0 Å². The summed E-state index contributed by atoms with van der Waals surface area (Å²) in [6.45, 7) is 6.86. The Hall–Kier alpha value is -1.12. The maximum Gasteiger partial charge on any atom is 0.232 e.